The number of hydrogen-bond donors (Lipinski definition) is 0. The summed E-state index contributed by atoms with van der Waals surface area (Å²) >= 11 is 3.23. The van der Waals surface area contributed by atoms with Gasteiger partial charge in [-0.05, 0) is 51.3 Å². The van der Waals surface area contributed by atoms with E-state index in [0.29, 0.717) is 11.1 Å². The number of halogens is 7. The van der Waals surface area contributed by atoms with E-state index >= 15 is 0 Å². The molecule has 0 spiro atoms. The predicted octanol–water partition coefficient (Wildman–Crippen LogP) is 4.79. The number of imidazole rings is 1. The van der Waals surface area contributed by atoms with E-state index in [4.69, 9.17) is 0 Å². The van der Waals surface area contributed by atoms with Crippen molar-refractivity contribution in [2.45, 2.75) is 25.4 Å². The van der Waals surface area contributed by atoms with Gasteiger partial charge in [0.1, 0.15) is 0 Å². The van der Waals surface area contributed by atoms with Gasteiger partial charge in [0.15, 0.2) is 15.9 Å². The van der Waals surface area contributed by atoms with Gasteiger partial charge in [-0.3, -0.25) is 13.9 Å². The van der Waals surface area contributed by atoms with E-state index in [-0.39, 0.29) is 29.0 Å². The first-order chi connectivity index (χ1) is 16.3. The predicted molar refractivity (Wildman–Crippen MR) is 118 cm³/mol. The number of aryl methyl sites for hydroxylation is 1. The first kappa shape index (κ1) is 24.8. The van der Waals surface area contributed by atoms with Gasteiger partial charge in [0, 0.05) is 7.05 Å². The Hall–Kier alpha value is -3.35. The summed E-state index contributed by atoms with van der Waals surface area (Å²) < 4.78 is 80.6. The summed E-state index contributed by atoms with van der Waals surface area (Å²) in [6.07, 6.45) is -9.02. The Balaban J connectivity index is 1.77. The Morgan fingerprint density at radius 1 is 0.771 bits per heavy atom. The van der Waals surface area contributed by atoms with Gasteiger partial charge in [-0.1, -0.05) is 24.3 Å². The first-order valence-electron chi connectivity index (χ1n) is 9.95. The normalized spacial score (nSPS) is 12.5. The standard InChI is InChI=1S/C22H15BrF6N4O2/c1-31-17-16(32(19(23)30-17)10-12-2-6-14(7-3-12)21(24,25)26)18(34)33(20(31)35)11-13-4-8-15(9-5-13)22(27,28)29/h2-9H,10-11H2,1H3. The molecule has 0 aliphatic rings. The molecule has 13 heteroatoms. The van der Waals surface area contributed by atoms with Crippen LogP contribution in [0.2, 0.25) is 0 Å². The molecule has 0 aliphatic carbocycles. The van der Waals surface area contributed by atoms with Crippen molar-refractivity contribution < 1.29 is 26.3 Å². The van der Waals surface area contributed by atoms with Crippen molar-refractivity contribution in [1.29, 1.82) is 0 Å². The summed E-state index contributed by atoms with van der Waals surface area (Å²) in [4.78, 5) is 30.3. The highest BCUT2D eigenvalue weighted by molar-refractivity contribution is 9.10. The van der Waals surface area contributed by atoms with Crippen molar-refractivity contribution in [3.05, 3.63) is 96.4 Å². The molecule has 6 nitrogen and oxygen atoms in total. The summed E-state index contributed by atoms with van der Waals surface area (Å²) in [7, 11) is 1.38. The van der Waals surface area contributed by atoms with Crippen molar-refractivity contribution >= 4 is 27.1 Å². The highest BCUT2D eigenvalue weighted by atomic mass is 79.9. The smallest absolute Gasteiger partial charge is 0.308 e. The van der Waals surface area contributed by atoms with Crippen LogP contribution in [0.1, 0.15) is 22.3 Å². The third-order valence-corrected chi connectivity index (χ3v) is 6.04. The average Bonchev–Trinajstić information content (AvgIpc) is 3.11. The molecule has 184 valence electrons. The SMILES string of the molecule is Cn1c(=O)n(Cc2ccc(C(F)(F)F)cc2)c(=O)c2c1nc(Br)n2Cc1ccc(C(F)(F)F)cc1. The van der Waals surface area contributed by atoms with Gasteiger partial charge < -0.3 is 4.57 Å². The molecule has 2 aromatic carbocycles. The quantitative estimate of drug-likeness (QED) is 0.266. The largest absolute Gasteiger partial charge is 0.416 e. The molecule has 0 amide bonds. The minimum absolute atomic E-state index is 0.00536. The summed E-state index contributed by atoms with van der Waals surface area (Å²) in [5, 5.41) is 0. The maximum Gasteiger partial charge on any atom is 0.416 e. The second-order valence-electron chi connectivity index (χ2n) is 7.76. The summed E-state index contributed by atoms with van der Waals surface area (Å²) in [6.45, 7) is -0.314. The summed E-state index contributed by atoms with van der Waals surface area (Å²) in [5.74, 6) is 0. The van der Waals surface area contributed by atoms with E-state index in [9.17, 15) is 35.9 Å². The lowest BCUT2D eigenvalue weighted by Crippen LogP contribution is -2.40. The molecule has 35 heavy (non-hydrogen) atoms. The molecule has 4 rings (SSSR count). The zero-order chi connectivity index (χ0) is 25.7. The molecule has 0 N–H and O–H groups in total. The minimum Gasteiger partial charge on any atom is -0.308 e. The number of fused-ring (bicyclic) bond motifs is 1. The van der Waals surface area contributed by atoms with Crippen LogP contribution >= 0.6 is 15.9 Å². The van der Waals surface area contributed by atoms with Crippen LogP contribution in [0.25, 0.3) is 11.2 Å². The molecule has 4 aromatic rings. The number of alkyl halides is 6. The lowest BCUT2D eigenvalue weighted by molar-refractivity contribution is -0.138. The Labute approximate surface area is 201 Å². The zero-order valence-corrected chi connectivity index (χ0v) is 19.4. The molecule has 0 bridgehead atoms. The van der Waals surface area contributed by atoms with Crippen molar-refractivity contribution in [2.24, 2.45) is 7.05 Å². The Kier molecular flexibility index (Phi) is 6.16. The summed E-state index contributed by atoms with van der Waals surface area (Å²) in [5.41, 5.74) is -2.37. The molecule has 0 atom stereocenters. The molecule has 0 radical (unpaired) electrons. The van der Waals surface area contributed by atoms with Gasteiger partial charge >= 0.3 is 18.0 Å². The maximum absolute atomic E-state index is 13.3. The monoisotopic (exact) mass is 560 g/mol. The highest BCUT2D eigenvalue weighted by Crippen LogP contribution is 2.30. The fourth-order valence-corrected chi connectivity index (χ4v) is 4.06. The van der Waals surface area contributed by atoms with Gasteiger partial charge in [-0.2, -0.15) is 26.3 Å². The van der Waals surface area contributed by atoms with E-state index in [1.807, 2.05) is 0 Å². The van der Waals surface area contributed by atoms with Crippen molar-refractivity contribution in [3.8, 4) is 0 Å². The van der Waals surface area contributed by atoms with Gasteiger partial charge in [-0.25, -0.2) is 9.78 Å². The highest BCUT2D eigenvalue weighted by Gasteiger charge is 2.31. The van der Waals surface area contributed by atoms with Crippen molar-refractivity contribution in [2.75, 3.05) is 0 Å². The Morgan fingerprint density at radius 3 is 1.63 bits per heavy atom. The summed E-state index contributed by atoms with van der Waals surface area (Å²) in [6, 6.07) is 8.43. The topological polar surface area (TPSA) is 61.8 Å². The van der Waals surface area contributed by atoms with E-state index in [1.54, 1.807) is 0 Å². The molecular weight excluding hydrogens is 546 g/mol. The molecule has 0 saturated heterocycles. The molecule has 0 fully saturated rings. The number of rotatable bonds is 4. The van der Waals surface area contributed by atoms with Crippen LogP contribution in [0.15, 0.2) is 62.9 Å². The number of benzene rings is 2. The molecule has 2 aromatic heterocycles. The third-order valence-electron chi connectivity index (χ3n) is 5.43. The third kappa shape index (κ3) is 4.77. The van der Waals surface area contributed by atoms with Crippen LogP contribution in [0.4, 0.5) is 26.3 Å². The van der Waals surface area contributed by atoms with E-state index in [0.717, 1.165) is 33.4 Å². The van der Waals surface area contributed by atoms with Crippen LogP contribution < -0.4 is 11.2 Å². The second kappa shape index (κ2) is 8.70. The lowest BCUT2D eigenvalue weighted by atomic mass is 10.1. The fourth-order valence-electron chi connectivity index (χ4n) is 3.59. The van der Waals surface area contributed by atoms with Crippen LogP contribution in [-0.2, 0) is 32.5 Å². The molecular formula is C22H15BrF6N4O2. The van der Waals surface area contributed by atoms with Crippen molar-refractivity contribution in [1.82, 2.24) is 18.7 Å². The maximum atomic E-state index is 13.3. The fraction of sp³-hybridized carbons (Fsp3) is 0.227. The van der Waals surface area contributed by atoms with Crippen LogP contribution in [0, 0.1) is 0 Å². The van der Waals surface area contributed by atoms with Gasteiger partial charge in [0.25, 0.3) is 5.56 Å². The molecule has 2 heterocycles. The number of aromatic nitrogens is 4. The number of hydrogen-bond acceptors (Lipinski definition) is 3. The van der Waals surface area contributed by atoms with Crippen LogP contribution in [0.3, 0.4) is 0 Å². The van der Waals surface area contributed by atoms with Gasteiger partial charge in [0.05, 0.1) is 24.2 Å². The average molecular weight is 561 g/mol. The Morgan fingerprint density at radius 2 is 1.20 bits per heavy atom. The first-order valence-corrected chi connectivity index (χ1v) is 10.7. The second-order valence-corrected chi connectivity index (χ2v) is 8.47. The van der Waals surface area contributed by atoms with Crippen LogP contribution in [-0.4, -0.2) is 18.7 Å². The van der Waals surface area contributed by atoms with Crippen LogP contribution in [0.5, 0.6) is 0 Å². The van der Waals surface area contributed by atoms with E-state index < -0.39 is 34.7 Å². The van der Waals surface area contributed by atoms with E-state index in [1.165, 1.54) is 35.9 Å². The molecule has 0 unspecified atom stereocenters. The van der Waals surface area contributed by atoms with Gasteiger partial charge in [-0.15, -0.1) is 0 Å². The lowest BCUT2D eigenvalue weighted by Gasteiger charge is -2.12. The molecule has 0 saturated carbocycles. The number of nitrogens with zero attached hydrogens (tertiary/aromatic N) is 4. The Bertz CT molecular complexity index is 1510. The zero-order valence-electron chi connectivity index (χ0n) is 17.8. The minimum atomic E-state index is -4.53. The van der Waals surface area contributed by atoms with Gasteiger partial charge in [0.2, 0.25) is 0 Å². The molecule has 0 aliphatic heterocycles. The van der Waals surface area contributed by atoms with Crippen molar-refractivity contribution in [3.63, 3.8) is 0 Å². The van der Waals surface area contributed by atoms with E-state index in [2.05, 4.69) is 20.9 Å².